The fourth-order valence-electron chi connectivity index (χ4n) is 9.30. The Morgan fingerprint density at radius 3 is 1.24 bits per heavy atom. The number of esters is 2. The molecule has 78 heavy (non-hydrogen) atoms. The second kappa shape index (κ2) is 48.6. The van der Waals surface area contributed by atoms with E-state index < -0.39 is 99.3 Å². The van der Waals surface area contributed by atoms with Gasteiger partial charge in [-0.25, -0.2) is 0 Å². The fraction of sp³-hybridized carbons (Fsp3) is 0.778. The highest BCUT2D eigenvalue weighted by Gasteiger charge is 2.47. The average molecular weight is 1110 g/mol. The van der Waals surface area contributed by atoms with Crippen molar-refractivity contribution < 1.29 is 73.8 Å². The zero-order valence-electron chi connectivity index (χ0n) is 48.1. The van der Waals surface area contributed by atoms with Crippen LogP contribution >= 0.6 is 0 Å². The summed E-state index contributed by atoms with van der Waals surface area (Å²) in [4.78, 5) is 25.9. The number of aliphatic hydroxyl groups is 7. The lowest BCUT2D eigenvalue weighted by Gasteiger charge is -2.42. The van der Waals surface area contributed by atoms with Crippen LogP contribution in [0.3, 0.4) is 0 Å². The Morgan fingerprint density at radius 1 is 0.423 bits per heavy atom. The number of rotatable bonds is 48. The Bertz CT molecular complexity index is 1630. The van der Waals surface area contributed by atoms with Gasteiger partial charge in [0.2, 0.25) is 0 Å². The number of carbonyl (C=O) groups is 2. The van der Waals surface area contributed by atoms with Gasteiger partial charge in [-0.1, -0.05) is 228 Å². The first-order valence-corrected chi connectivity index (χ1v) is 30.5. The molecule has 0 aromatic heterocycles. The van der Waals surface area contributed by atoms with Crippen LogP contribution < -0.4 is 0 Å². The smallest absolute Gasteiger partial charge is 0.306 e. The first-order chi connectivity index (χ1) is 38.0. The highest BCUT2D eigenvalue weighted by Crippen LogP contribution is 2.27. The summed E-state index contributed by atoms with van der Waals surface area (Å²) < 4.78 is 33.6. The summed E-state index contributed by atoms with van der Waals surface area (Å²) in [6.45, 7) is 2.43. The maximum Gasteiger partial charge on any atom is 0.306 e. The van der Waals surface area contributed by atoms with E-state index in [1.165, 1.54) is 122 Å². The van der Waals surface area contributed by atoms with Crippen LogP contribution in [0.25, 0.3) is 0 Å². The Kier molecular flexibility index (Phi) is 44.3. The molecule has 11 atom stereocenters. The summed E-state index contributed by atoms with van der Waals surface area (Å²) >= 11 is 0. The topological polar surface area (TPSA) is 231 Å². The Morgan fingerprint density at radius 2 is 0.808 bits per heavy atom. The van der Waals surface area contributed by atoms with Gasteiger partial charge in [-0.3, -0.25) is 9.59 Å². The average Bonchev–Trinajstić information content (AvgIpc) is 3.43. The monoisotopic (exact) mass is 1100 g/mol. The summed E-state index contributed by atoms with van der Waals surface area (Å²) in [6, 6.07) is 0. The van der Waals surface area contributed by atoms with Gasteiger partial charge >= 0.3 is 11.9 Å². The van der Waals surface area contributed by atoms with E-state index in [9.17, 15) is 45.3 Å². The van der Waals surface area contributed by atoms with Gasteiger partial charge in [-0.15, -0.1) is 0 Å². The summed E-state index contributed by atoms with van der Waals surface area (Å²) in [5, 5.41) is 72.4. The van der Waals surface area contributed by atoms with E-state index in [-0.39, 0.29) is 19.4 Å². The third-order valence-electron chi connectivity index (χ3n) is 14.2. The molecule has 15 nitrogen and oxygen atoms in total. The van der Waals surface area contributed by atoms with Crippen molar-refractivity contribution in [2.75, 3.05) is 26.4 Å². The van der Waals surface area contributed by atoms with Crippen LogP contribution in [0.4, 0.5) is 0 Å². The minimum atomic E-state index is -1.78. The minimum absolute atomic E-state index is 0.0911. The molecular weight excluding hydrogens is 997 g/mol. The van der Waals surface area contributed by atoms with Gasteiger partial charge in [0.1, 0.15) is 55.4 Å². The van der Waals surface area contributed by atoms with E-state index in [4.69, 9.17) is 28.4 Å². The van der Waals surface area contributed by atoms with Gasteiger partial charge in [-0.2, -0.15) is 0 Å². The van der Waals surface area contributed by atoms with E-state index in [0.717, 1.165) is 57.8 Å². The number of unbranched alkanes of at least 4 members (excludes halogenated alkanes) is 22. The predicted octanol–water partition coefficient (Wildman–Crippen LogP) is 10.9. The maximum absolute atomic E-state index is 13.1. The van der Waals surface area contributed by atoms with Gasteiger partial charge in [-0.05, 0) is 51.4 Å². The number of hydrogen-bond acceptors (Lipinski definition) is 15. The van der Waals surface area contributed by atoms with Gasteiger partial charge in [0.15, 0.2) is 18.7 Å². The second-order valence-electron chi connectivity index (χ2n) is 21.2. The van der Waals surface area contributed by atoms with Crippen LogP contribution in [0.1, 0.15) is 219 Å². The molecule has 0 amide bonds. The molecule has 4 unspecified atom stereocenters. The molecule has 0 saturated carbocycles. The second-order valence-corrected chi connectivity index (χ2v) is 21.2. The maximum atomic E-state index is 13.1. The molecular formula is C63H108O15. The zero-order chi connectivity index (χ0) is 56.7. The van der Waals surface area contributed by atoms with Gasteiger partial charge in [0.25, 0.3) is 0 Å². The summed E-state index contributed by atoms with van der Waals surface area (Å²) in [5.74, 6) is -1.02. The van der Waals surface area contributed by atoms with E-state index in [1.807, 2.05) is 12.2 Å². The van der Waals surface area contributed by atoms with E-state index in [1.54, 1.807) is 0 Å². The molecule has 2 aliphatic rings. The molecule has 2 aliphatic heterocycles. The number of aliphatic hydroxyl groups excluding tert-OH is 7. The molecule has 2 fully saturated rings. The SMILES string of the molecule is CC/C=C/C/C=C/C/C=C/C/C=C/C/C=C/C/C=C/CCC(=O)OC[C@H](CO[C@H]1O[C@@H](CO[C@H]2O[C@@H](CO)[C@@H](O)C(O)C2O)[C@@H](O)C(O)C1O)OC(=O)CCCCCCCCCCCCCCCCCCCCCCCCC. The van der Waals surface area contributed by atoms with E-state index >= 15 is 0 Å². The van der Waals surface area contributed by atoms with Crippen molar-refractivity contribution in [3.05, 3.63) is 72.9 Å². The standard InChI is InChI=1S/C63H108O15/c1-3-5-7-9-11-13-15-17-19-21-23-24-25-26-28-30-32-34-36-38-40-42-44-46-55(66)76-51(48-73-54(65)45-43-41-39-37-35-33-31-29-27-22-20-18-16-14-12-10-8-6-4-2)49-74-62-61(72)59(70)57(68)53(78-62)50-75-63-60(71)58(69)56(67)52(47-64)77-63/h6,8,12,14,18,20,27,29,33,35,39,41,51-53,56-64,67-72H,3-5,7,9-11,13,15-17,19,21-26,28,30-32,34,36-38,40,42-50H2,1-2H3/b8-6+,14-12+,20-18+,29-27+,35-33+,41-39+/t51-,52+,53+,56-,57-,58?,59?,60?,61?,62+,63+/m1/s1. The third-order valence-corrected chi connectivity index (χ3v) is 14.2. The normalized spacial score (nSPS) is 24.5. The number of ether oxygens (including phenoxy) is 6. The highest BCUT2D eigenvalue weighted by molar-refractivity contribution is 5.70. The van der Waals surface area contributed by atoms with Gasteiger partial charge < -0.3 is 64.2 Å². The van der Waals surface area contributed by atoms with Crippen LogP contribution in [0.15, 0.2) is 72.9 Å². The van der Waals surface area contributed by atoms with Gasteiger partial charge in [0.05, 0.1) is 19.8 Å². The molecule has 0 aromatic rings. The molecule has 0 aliphatic carbocycles. The quantitative estimate of drug-likeness (QED) is 0.0171. The van der Waals surface area contributed by atoms with Crippen LogP contribution in [0, 0.1) is 0 Å². The van der Waals surface area contributed by atoms with E-state index in [0.29, 0.717) is 12.8 Å². The van der Waals surface area contributed by atoms with Crippen LogP contribution in [-0.4, -0.2) is 142 Å². The summed E-state index contributed by atoms with van der Waals surface area (Å²) in [5.41, 5.74) is 0. The first kappa shape index (κ1) is 71.0. The highest BCUT2D eigenvalue weighted by atomic mass is 16.7. The predicted molar refractivity (Wildman–Crippen MR) is 307 cm³/mol. The Balaban J connectivity index is 1.75. The summed E-state index contributed by atoms with van der Waals surface area (Å²) in [6.07, 6.45) is 43.7. The third kappa shape index (κ3) is 34.9. The van der Waals surface area contributed by atoms with Crippen LogP contribution in [0.5, 0.6) is 0 Å². The van der Waals surface area contributed by atoms with Crippen molar-refractivity contribution in [2.45, 2.75) is 287 Å². The molecule has 15 heteroatoms. The molecule has 0 spiro atoms. The molecule has 0 bridgehead atoms. The van der Waals surface area contributed by atoms with Crippen molar-refractivity contribution in [3.63, 3.8) is 0 Å². The van der Waals surface area contributed by atoms with Gasteiger partial charge in [0, 0.05) is 12.8 Å². The van der Waals surface area contributed by atoms with Crippen molar-refractivity contribution in [1.82, 2.24) is 0 Å². The van der Waals surface area contributed by atoms with Crippen molar-refractivity contribution >= 4 is 11.9 Å². The van der Waals surface area contributed by atoms with E-state index in [2.05, 4.69) is 74.6 Å². The number of carbonyl (C=O) groups excluding carboxylic acids is 2. The molecule has 0 radical (unpaired) electrons. The lowest BCUT2D eigenvalue weighted by molar-refractivity contribution is -0.332. The molecule has 450 valence electrons. The molecule has 7 N–H and O–H groups in total. The molecule has 0 aromatic carbocycles. The fourth-order valence-corrected chi connectivity index (χ4v) is 9.30. The van der Waals surface area contributed by atoms with Crippen molar-refractivity contribution in [3.8, 4) is 0 Å². The van der Waals surface area contributed by atoms with Crippen LogP contribution in [0.2, 0.25) is 0 Å². The minimum Gasteiger partial charge on any atom is -0.462 e. The van der Waals surface area contributed by atoms with Crippen molar-refractivity contribution in [2.24, 2.45) is 0 Å². The van der Waals surface area contributed by atoms with Crippen LogP contribution in [-0.2, 0) is 38.0 Å². The molecule has 2 rings (SSSR count). The summed E-state index contributed by atoms with van der Waals surface area (Å²) in [7, 11) is 0. The Hall–Kier alpha value is -3.06. The molecule has 2 heterocycles. The Labute approximate surface area is 470 Å². The van der Waals surface area contributed by atoms with Crippen molar-refractivity contribution in [1.29, 1.82) is 0 Å². The number of hydrogen-bond donors (Lipinski definition) is 7. The number of allylic oxidation sites excluding steroid dienone is 12. The zero-order valence-corrected chi connectivity index (χ0v) is 48.1. The largest absolute Gasteiger partial charge is 0.462 e. The molecule has 2 saturated heterocycles. The lowest BCUT2D eigenvalue weighted by atomic mass is 9.98. The lowest BCUT2D eigenvalue weighted by Crippen LogP contribution is -2.61. The first-order valence-electron chi connectivity index (χ1n) is 30.5.